The van der Waals surface area contributed by atoms with Crippen LogP contribution < -0.4 is 51.8 Å². The SMILES string of the molecule is COC(=O)[C@H]1NC(=O)C2NC(=O)[C@H](NC(=O)[C@@H]3NC(=O)[C@H]4NC(=O)[C@H](NC(=O)[C@H](N)c5ccc(O)c(c5)Oc5cc4cc(O)c5C)[C@H](O)c4ccc(cc4)Oc4cc3cc(c4O)Oc3ccc(cc3)C2O)c2ccc(O)c(c2)-c2c(O)cc(O)cc21. The summed E-state index contributed by atoms with van der Waals surface area (Å²) in [4.78, 5) is 104. The fourth-order valence-electron chi connectivity index (χ4n) is 10.4. The number of nitrogens with two attached hydrogens (primary N) is 1. The summed E-state index contributed by atoms with van der Waals surface area (Å²) in [5, 5.41) is 107. The number of carbonyl (C=O) groups is 7. The van der Waals surface area contributed by atoms with Crippen molar-refractivity contribution >= 4 is 41.4 Å². The van der Waals surface area contributed by atoms with Gasteiger partial charge in [-0.1, -0.05) is 36.4 Å². The zero-order chi connectivity index (χ0) is 61.2. The number of phenolic OH excluding ortho intramolecular Hbond substituents is 6. The highest BCUT2D eigenvalue weighted by molar-refractivity contribution is 6.00. The molecule has 6 heterocycles. The lowest BCUT2D eigenvalue weighted by Gasteiger charge is -2.31. The van der Waals surface area contributed by atoms with Gasteiger partial charge in [-0.15, -0.1) is 0 Å². The Balaban J connectivity index is 1.14. The van der Waals surface area contributed by atoms with Crippen LogP contribution >= 0.6 is 0 Å². The molecule has 16 N–H and O–H groups in total. The largest absolute Gasteiger partial charge is 0.508 e. The first-order chi connectivity index (χ1) is 41.0. The summed E-state index contributed by atoms with van der Waals surface area (Å²) in [5.41, 5.74) is 4.64. The van der Waals surface area contributed by atoms with Gasteiger partial charge in [-0.2, -0.15) is 0 Å². The number of benzene rings is 7. The van der Waals surface area contributed by atoms with E-state index in [9.17, 15) is 60.0 Å². The zero-order valence-electron chi connectivity index (χ0n) is 44.9. The maximum absolute atomic E-state index is 15.7. The molecule has 2 unspecified atom stereocenters. The van der Waals surface area contributed by atoms with Gasteiger partial charge in [-0.05, 0) is 119 Å². The number of amides is 6. The van der Waals surface area contributed by atoms with Crippen LogP contribution in [0.1, 0.15) is 86.9 Å². The first kappa shape index (κ1) is 56.8. The minimum Gasteiger partial charge on any atom is -0.508 e. The number of aliphatic hydroxyl groups is 2. The molecule has 17 bridgehead atoms. The van der Waals surface area contributed by atoms with Crippen LogP contribution in [0.3, 0.4) is 0 Å². The Morgan fingerprint density at radius 2 is 0.942 bits per heavy atom. The molecule has 6 aliphatic rings. The number of carbonyl (C=O) groups excluding carboxylic acids is 7. The molecule has 0 fully saturated rings. The normalized spacial score (nSPS) is 22.7. The molecule has 0 saturated carbocycles. The third-order valence-electron chi connectivity index (χ3n) is 15.1. The summed E-state index contributed by atoms with van der Waals surface area (Å²) in [6, 6.07) is 10.1. The Bertz CT molecular complexity index is 3990. The maximum Gasteiger partial charge on any atom is 0.333 e. The molecule has 440 valence electrons. The van der Waals surface area contributed by atoms with Gasteiger partial charge < -0.3 is 97.4 Å². The van der Waals surface area contributed by atoms with Crippen molar-refractivity contribution in [2.45, 2.75) is 61.4 Å². The number of esters is 1. The van der Waals surface area contributed by atoms with Crippen LogP contribution in [-0.4, -0.2) is 101 Å². The quantitative estimate of drug-likeness (QED) is 0.104. The third-order valence-corrected chi connectivity index (χ3v) is 15.1. The van der Waals surface area contributed by atoms with E-state index in [1.54, 1.807) is 0 Å². The minimum atomic E-state index is -2.14. The molecular weight excluding hydrogens is 1120 g/mol. The molecule has 9 atom stereocenters. The lowest BCUT2D eigenvalue weighted by Crippen LogP contribution is -2.55. The Labute approximate surface area is 485 Å². The highest BCUT2D eigenvalue weighted by atomic mass is 16.5. The number of methoxy groups -OCH3 is 1. The number of aliphatic hydroxyl groups excluding tert-OH is 2. The number of aromatic hydroxyl groups is 6. The van der Waals surface area contributed by atoms with Gasteiger partial charge in [0.05, 0.1) is 7.11 Å². The van der Waals surface area contributed by atoms with Crippen molar-refractivity contribution in [3.05, 3.63) is 166 Å². The lowest BCUT2D eigenvalue weighted by molar-refractivity contribution is -0.146. The molecule has 7 aromatic carbocycles. The van der Waals surface area contributed by atoms with E-state index in [-0.39, 0.29) is 78.6 Å². The lowest BCUT2D eigenvalue weighted by atomic mass is 9.89. The van der Waals surface area contributed by atoms with Gasteiger partial charge in [0.1, 0.15) is 88.7 Å². The molecule has 26 nitrogen and oxygen atoms in total. The van der Waals surface area contributed by atoms with Gasteiger partial charge in [-0.25, -0.2) is 4.79 Å². The third kappa shape index (κ3) is 10.6. The van der Waals surface area contributed by atoms with Gasteiger partial charge in [0.25, 0.3) is 0 Å². The Hall–Kier alpha value is -11.1. The van der Waals surface area contributed by atoms with Gasteiger partial charge in [-0.3, -0.25) is 28.8 Å². The highest BCUT2D eigenvalue weighted by Crippen LogP contribution is 2.47. The molecule has 26 heteroatoms. The molecule has 7 aromatic rings. The number of nitrogens with one attached hydrogen (secondary N) is 6. The van der Waals surface area contributed by atoms with Crippen molar-refractivity contribution in [3.8, 4) is 80.1 Å². The van der Waals surface area contributed by atoms with E-state index in [4.69, 9.17) is 24.7 Å². The number of hydrogen-bond donors (Lipinski definition) is 15. The maximum atomic E-state index is 15.7. The molecule has 0 aliphatic carbocycles. The molecule has 6 amide bonds. The monoisotopic (exact) mass is 1170 g/mol. The van der Waals surface area contributed by atoms with Crippen molar-refractivity contribution in [2.24, 2.45) is 5.73 Å². The predicted molar refractivity (Wildman–Crippen MR) is 295 cm³/mol. The summed E-state index contributed by atoms with van der Waals surface area (Å²) in [6.07, 6.45) is -3.93. The summed E-state index contributed by atoms with van der Waals surface area (Å²) in [6.45, 7) is 1.42. The van der Waals surface area contributed by atoms with Gasteiger partial charge in [0.2, 0.25) is 41.2 Å². The van der Waals surface area contributed by atoms with Crippen LogP contribution in [0.15, 0.2) is 121 Å². The van der Waals surface area contributed by atoms with Crippen molar-refractivity contribution in [3.63, 3.8) is 0 Å². The van der Waals surface area contributed by atoms with Gasteiger partial charge in [0, 0.05) is 28.3 Å². The standard InChI is InChI=1S/C60H51N7O19/c1-23-37(71)16-28-18-39(23)86-40-17-26(7-14-36(40)70)44(61)54(76)66-49-51(73)24-3-9-31(10-4-24)84-41-19-29-20-42(53(41)75)85-32-11-5-25(6-12-32)52(74)50-59(81)65-48(60(82)83-2)34-21-30(68)22-38(72)43(34)33-15-27(8-13-35(33)69)45(55(77)67-50)62-57(79)47(29)63-56(78)46(28)64-58(49)80/h3-22,44-52,68-75H,61H2,1-2H3,(H,62,79)(H,63,78)(H,64,80)(H,65,81)(H,66,76)(H,67,77)/t44-,45-,46+,47-,48+,49-,50?,51-,52?/m1/s1. The van der Waals surface area contributed by atoms with E-state index in [1.165, 1.54) is 79.7 Å². The Morgan fingerprint density at radius 1 is 0.465 bits per heavy atom. The average Bonchev–Trinajstić information content (AvgIpc) is 2.08. The molecule has 0 radical (unpaired) electrons. The first-order valence-corrected chi connectivity index (χ1v) is 26.2. The van der Waals surface area contributed by atoms with E-state index in [1.807, 2.05) is 0 Å². The van der Waals surface area contributed by atoms with E-state index in [0.717, 1.165) is 55.6 Å². The second kappa shape index (κ2) is 22.2. The molecule has 0 spiro atoms. The van der Waals surface area contributed by atoms with Crippen LogP contribution in [-0.2, 0) is 38.3 Å². The molecule has 6 aliphatic heterocycles. The molecular formula is C60H51N7O19. The minimum absolute atomic E-state index is 0.00535. The second-order valence-corrected chi connectivity index (χ2v) is 20.5. The summed E-state index contributed by atoms with van der Waals surface area (Å²) < 4.78 is 23.5. The van der Waals surface area contributed by atoms with Gasteiger partial charge >= 0.3 is 5.97 Å². The molecule has 0 aromatic heterocycles. The predicted octanol–water partition coefficient (Wildman–Crippen LogP) is 3.57. The highest BCUT2D eigenvalue weighted by Gasteiger charge is 2.42. The number of ether oxygens (including phenoxy) is 4. The molecule has 86 heavy (non-hydrogen) atoms. The number of rotatable bonds is 1. The topological polar surface area (TPSA) is 416 Å². The summed E-state index contributed by atoms with van der Waals surface area (Å²) >= 11 is 0. The molecule has 13 rings (SSSR count). The fourth-order valence-corrected chi connectivity index (χ4v) is 10.4. The summed E-state index contributed by atoms with van der Waals surface area (Å²) in [7, 11) is 0.974. The zero-order valence-corrected chi connectivity index (χ0v) is 44.9. The Kier molecular flexibility index (Phi) is 14.7. The number of fused-ring (bicyclic) bond motifs is 14. The second-order valence-electron chi connectivity index (χ2n) is 20.5. The van der Waals surface area contributed by atoms with Crippen LogP contribution in [0.5, 0.6) is 69.0 Å². The Morgan fingerprint density at radius 3 is 1.53 bits per heavy atom. The fraction of sp³-hybridized carbons (Fsp3) is 0.183. The van der Waals surface area contributed by atoms with E-state index < -0.39 is 142 Å². The van der Waals surface area contributed by atoms with Crippen molar-refractivity contribution < 1.29 is 93.4 Å². The van der Waals surface area contributed by atoms with Crippen LogP contribution in [0, 0.1) is 6.92 Å². The van der Waals surface area contributed by atoms with Crippen molar-refractivity contribution in [1.29, 1.82) is 0 Å². The van der Waals surface area contributed by atoms with Crippen LogP contribution in [0.4, 0.5) is 0 Å². The number of hydrogen-bond acceptors (Lipinski definition) is 20. The van der Waals surface area contributed by atoms with Crippen LogP contribution in [0.25, 0.3) is 11.1 Å². The van der Waals surface area contributed by atoms with Gasteiger partial charge in [0.15, 0.2) is 29.0 Å². The molecule has 0 saturated heterocycles. The smallest absolute Gasteiger partial charge is 0.333 e. The van der Waals surface area contributed by atoms with Crippen LogP contribution in [0.2, 0.25) is 0 Å². The van der Waals surface area contributed by atoms with E-state index in [0.29, 0.717) is 0 Å². The van der Waals surface area contributed by atoms with Crippen molar-refractivity contribution in [2.75, 3.05) is 7.11 Å². The van der Waals surface area contributed by atoms with Crippen molar-refractivity contribution in [1.82, 2.24) is 31.9 Å². The first-order valence-electron chi connectivity index (χ1n) is 26.2. The average molecular weight is 1170 g/mol. The number of phenols is 6. The summed E-state index contributed by atoms with van der Waals surface area (Å²) in [5.74, 6) is -13.7. The van der Waals surface area contributed by atoms with E-state index >= 15 is 14.4 Å². The van der Waals surface area contributed by atoms with E-state index in [2.05, 4.69) is 31.9 Å².